The monoisotopic (exact) mass is 321 g/mol. The van der Waals surface area contributed by atoms with E-state index in [1.165, 1.54) is 5.56 Å². The molecule has 0 atom stereocenters. The van der Waals surface area contributed by atoms with Gasteiger partial charge in [0.2, 0.25) is 5.89 Å². The Hall–Kier alpha value is -2.81. The Kier molecular flexibility index (Phi) is 6.84. The number of nitrogens with zero attached hydrogens (tertiary/aromatic N) is 1. The molecule has 0 aliphatic carbocycles. The van der Waals surface area contributed by atoms with Crippen LogP contribution in [0.3, 0.4) is 0 Å². The molecule has 0 spiro atoms. The van der Waals surface area contributed by atoms with Crippen LogP contribution in [0.5, 0.6) is 5.75 Å². The van der Waals surface area contributed by atoms with E-state index in [9.17, 15) is 0 Å². The number of hydrogen-bond donors (Lipinski definition) is 0. The number of aryl methyl sites for hydroxylation is 1. The van der Waals surface area contributed by atoms with Crippen molar-refractivity contribution in [1.82, 2.24) is 4.98 Å². The van der Waals surface area contributed by atoms with Gasteiger partial charge in [-0.1, -0.05) is 56.3 Å². The minimum atomic E-state index is 0.395. The van der Waals surface area contributed by atoms with E-state index in [1.54, 1.807) is 6.26 Å². The highest BCUT2D eigenvalue weighted by Gasteiger charge is 2.02. The Morgan fingerprint density at radius 1 is 1.00 bits per heavy atom. The molecule has 3 nitrogen and oxygen atoms in total. The van der Waals surface area contributed by atoms with Crippen LogP contribution in [-0.2, 0) is 6.61 Å². The number of benzene rings is 2. The summed E-state index contributed by atoms with van der Waals surface area (Å²) in [5, 5.41) is 0. The molecule has 3 heteroatoms. The second kappa shape index (κ2) is 9.36. The van der Waals surface area contributed by atoms with E-state index in [4.69, 9.17) is 9.15 Å². The summed E-state index contributed by atoms with van der Waals surface area (Å²) in [4.78, 5) is 4.38. The Morgan fingerprint density at radius 3 is 2.54 bits per heavy atom. The molecular weight excluding hydrogens is 298 g/mol. The van der Waals surface area contributed by atoms with E-state index < -0.39 is 0 Å². The van der Waals surface area contributed by atoms with Crippen molar-refractivity contribution >= 4 is 12.2 Å². The first-order valence-corrected chi connectivity index (χ1v) is 8.16. The van der Waals surface area contributed by atoms with Crippen LogP contribution in [0.2, 0.25) is 0 Å². The molecular formula is C21H23NO2. The lowest BCUT2D eigenvalue weighted by molar-refractivity contribution is 0.301. The third-order valence-electron chi connectivity index (χ3n) is 3.16. The predicted octanol–water partition coefficient (Wildman–Crippen LogP) is 5.76. The van der Waals surface area contributed by atoms with Gasteiger partial charge in [0.25, 0.3) is 0 Å². The Bertz CT molecular complexity index is 760. The molecule has 124 valence electrons. The first-order chi connectivity index (χ1) is 11.8. The standard InChI is InChI=1S/C19H17NO2.C2H6/c1-15-6-5-9-18(12-15)21-13-17-14-22-19(20-17)11-10-16-7-3-2-4-8-16;1-2/h2-12,14H,13H2,1H3;1-2H3. The minimum Gasteiger partial charge on any atom is -0.487 e. The van der Waals surface area contributed by atoms with Gasteiger partial charge in [0, 0.05) is 6.08 Å². The average Bonchev–Trinajstić information content (AvgIpc) is 3.09. The van der Waals surface area contributed by atoms with Gasteiger partial charge in [-0.05, 0) is 36.3 Å². The number of oxazole rings is 1. The van der Waals surface area contributed by atoms with Gasteiger partial charge >= 0.3 is 0 Å². The number of rotatable bonds is 5. The Balaban J connectivity index is 0.00000100. The van der Waals surface area contributed by atoms with Crippen molar-refractivity contribution in [2.45, 2.75) is 27.4 Å². The SMILES string of the molecule is CC.Cc1cccc(OCc2coc(C=Cc3ccccc3)n2)c1. The molecule has 0 unspecified atom stereocenters. The van der Waals surface area contributed by atoms with Gasteiger partial charge in [0.1, 0.15) is 24.3 Å². The summed E-state index contributed by atoms with van der Waals surface area (Å²) in [7, 11) is 0. The Labute approximate surface area is 143 Å². The Morgan fingerprint density at radius 2 is 1.79 bits per heavy atom. The fraction of sp³-hybridized carbons (Fsp3) is 0.190. The second-order valence-electron chi connectivity index (χ2n) is 5.03. The van der Waals surface area contributed by atoms with Crippen LogP contribution in [0, 0.1) is 6.92 Å². The molecule has 24 heavy (non-hydrogen) atoms. The zero-order chi connectivity index (χ0) is 17.2. The maximum atomic E-state index is 5.70. The fourth-order valence-electron chi connectivity index (χ4n) is 2.06. The summed E-state index contributed by atoms with van der Waals surface area (Å²) in [5.74, 6) is 1.41. The highest BCUT2D eigenvalue weighted by molar-refractivity contribution is 5.65. The molecule has 0 N–H and O–H groups in total. The number of hydrogen-bond acceptors (Lipinski definition) is 3. The van der Waals surface area contributed by atoms with Crippen molar-refractivity contribution in [3.05, 3.63) is 83.6 Å². The van der Waals surface area contributed by atoms with Crippen molar-refractivity contribution in [2.24, 2.45) is 0 Å². The second-order valence-corrected chi connectivity index (χ2v) is 5.03. The van der Waals surface area contributed by atoms with E-state index in [2.05, 4.69) is 4.98 Å². The smallest absolute Gasteiger partial charge is 0.218 e. The zero-order valence-corrected chi connectivity index (χ0v) is 14.4. The summed E-state index contributed by atoms with van der Waals surface area (Å²) in [6, 6.07) is 18.0. The third kappa shape index (κ3) is 5.43. The van der Waals surface area contributed by atoms with Crippen molar-refractivity contribution in [1.29, 1.82) is 0 Å². The van der Waals surface area contributed by atoms with Gasteiger partial charge in [-0.2, -0.15) is 0 Å². The van der Waals surface area contributed by atoms with E-state index in [-0.39, 0.29) is 0 Å². The summed E-state index contributed by atoms with van der Waals surface area (Å²) >= 11 is 0. The van der Waals surface area contributed by atoms with Crippen LogP contribution in [0.1, 0.15) is 36.6 Å². The maximum Gasteiger partial charge on any atom is 0.218 e. The lowest BCUT2D eigenvalue weighted by Gasteiger charge is -2.03. The van der Waals surface area contributed by atoms with Crippen LogP contribution in [0.25, 0.3) is 12.2 Å². The van der Waals surface area contributed by atoms with Crippen molar-refractivity contribution in [3.63, 3.8) is 0 Å². The molecule has 2 aromatic carbocycles. The maximum absolute atomic E-state index is 5.70. The van der Waals surface area contributed by atoms with E-state index in [1.807, 2.05) is 87.5 Å². The summed E-state index contributed by atoms with van der Waals surface area (Å²) in [6.07, 6.45) is 5.45. The molecule has 0 aliphatic heterocycles. The number of aromatic nitrogens is 1. The van der Waals surface area contributed by atoms with Gasteiger partial charge in [-0.3, -0.25) is 0 Å². The zero-order valence-electron chi connectivity index (χ0n) is 14.4. The normalized spacial score (nSPS) is 10.3. The molecule has 1 aromatic heterocycles. The molecule has 0 amide bonds. The fourth-order valence-corrected chi connectivity index (χ4v) is 2.06. The van der Waals surface area contributed by atoms with Crippen LogP contribution in [0.15, 0.2) is 65.3 Å². The molecule has 0 aliphatic rings. The highest BCUT2D eigenvalue weighted by Crippen LogP contribution is 2.15. The van der Waals surface area contributed by atoms with E-state index in [0.29, 0.717) is 12.5 Å². The average molecular weight is 321 g/mol. The van der Waals surface area contributed by atoms with Gasteiger partial charge in [0.15, 0.2) is 0 Å². The first-order valence-electron chi connectivity index (χ1n) is 8.16. The van der Waals surface area contributed by atoms with Gasteiger partial charge in [0.05, 0.1) is 0 Å². The third-order valence-corrected chi connectivity index (χ3v) is 3.16. The van der Waals surface area contributed by atoms with Gasteiger partial charge < -0.3 is 9.15 Å². The van der Waals surface area contributed by atoms with Crippen LogP contribution < -0.4 is 4.74 Å². The first kappa shape index (κ1) is 17.5. The predicted molar refractivity (Wildman–Crippen MR) is 98.7 cm³/mol. The van der Waals surface area contributed by atoms with Gasteiger partial charge in [-0.15, -0.1) is 0 Å². The summed E-state index contributed by atoms with van der Waals surface area (Å²) in [6.45, 7) is 6.43. The van der Waals surface area contributed by atoms with Crippen LogP contribution >= 0.6 is 0 Å². The molecule has 0 saturated carbocycles. The molecule has 0 fully saturated rings. The molecule has 0 radical (unpaired) electrons. The minimum absolute atomic E-state index is 0.395. The summed E-state index contributed by atoms with van der Waals surface area (Å²) < 4.78 is 11.1. The molecule has 3 aromatic rings. The van der Waals surface area contributed by atoms with Crippen molar-refractivity contribution in [3.8, 4) is 5.75 Å². The van der Waals surface area contributed by atoms with Crippen LogP contribution in [-0.4, -0.2) is 4.98 Å². The number of ether oxygens (including phenoxy) is 1. The molecule has 3 rings (SSSR count). The quantitative estimate of drug-likeness (QED) is 0.599. The molecule has 0 saturated heterocycles. The lowest BCUT2D eigenvalue weighted by Crippen LogP contribution is -1.95. The van der Waals surface area contributed by atoms with Gasteiger partial charge in [-0.25, -0.2) is 4.98 Å². The molecule has 0 bridgehead atoms. The summed E-state index contributed by atoms with van der Waals surface area (Å²) in [5.41, 5.74) is 3.05. The van der Waals surface area contributed by atoms with Crippen molar-refractivity contribution in [2.75, 3.05) is 0 Å². The highest BCUT2D eigenvalue weighted by atomic mass is 16.5. The largest absolute Gasteiger partial charge is 0.487 e. The molecule has 1 heterocycles. The van der Waals surface area contributed by atoms with E-state index in [0.717, 1.165) is 17.0 Å². The van der Waals surface area contributed by atoms with Crippen LogP contribution in [0.4, 0.5) is 0 Å². The van der Waals surface area contributed by atoms with E-state index >= 15 is 0 Å². The topological polar surface area (TPSA) is 35.3 Å². The lowest BCUT2D eigenvalue weighted by atomic mass is 10.2. The van der Waals surface area contributed by atoms with Crippen molar-refractivity contribution < 1.29 is 9.15 Å².